The van der Waals surface area contributed by atoms with E-state index < -0.39 is 4.92 Å². The summed E-state index contributed by atoms with van der Waals surface area (Å²) in [5.74, 6) is 0.327. The van der Waals surface area contributed by atoms with Crippen molar-refractivity contribution < 1.29 is 14.5 Å². The number of carbonyl (C=O) groups is 1. The summed E-state index contributed by atoms with van der Waals surface area (Å²) in [6.45, 7) is 0.199. The van der Waals surface area contributed by atoms with Gasteiger partial charge in [0.25, 0.3) is 11.6 Å². The van der Waals surface area contributed by atoms with E-state index in [2.05, 4.69) is 26.5 Å². The standard InChI is InChI=1S/C19H14BrN3O4S/c20-16-10-13(11-21-22-19(24)18-5-2-8-28-18)6-7-17(16)27-12-14-3-1-4-15(9-14)23(25)26/h1-11H,12H2,(H,22,24)/b21-11-. The van der Waals surface area contributed by atoms with Crippen LogP contribution in [0.4, 0.5) is 5.69 Å². The third kappa shape index (κ3) is 5.24. The van der Waals surface area contributed by atoms with Crippen LogP contribution >= 0.6 is 27.3 Å². The van der Waals surface area contributed by atoms with E-state index in [4.69, 9.17) is 4.74 Å². The fraction of sp³-hybridized carbons (Fsp3) is 0.0526. The molecule has 0 saturated carbocycles. The fourth-order valence-corrected chi connectivity index (χ4v) is 3.39. The summed E-state index contributed by atoms with van der Waals surface area (Å²) in [5.41, 5.74) is 3.95. The summed E-state index contributed by atoms with van der Waals surface area (Å²) in [5, 5.41) is 16.6. The summed E-state index contributed by atoms with van der Waals surface area (Å²) in [6.07, 6.45) is 1.53. The SMILES string of the molecule is O=C(N/N=C\c1ccc(OCc2cccc([N+](=O)[O-])c2)c(Br)c1)c1cccs1. The van der Waals surface area contributed by atoms with Crippen molar-refractivity contribution in [3.05, 3.63) is 90.6 Å². The van der Waals surface area contributed by atoms with Gasteiger partial charge in [-0.2, -0.15) is 5.10 Å². The molecule has 1 aromatic heterocycles. The molecule has 7 nitrogen and oxygen atoms in total. The number of nitro benzene ring substituents is 1. The minimum absolute atomic E-state index is 0.0244. The fourth-order valence-electron chi connectivity index (χ4n) is 2.26. The Balaban J connectivity index is 1.59. The molecule has 0 atom stereocenters. The van der Waals surface area contributed by atoms with Crippen LogP contribution in [0.1, 0.15) is 20.8 Å². The summed E-state index contributed by atoms with van der Waals surface area (Å²) in [6, 6.07) is 15.2. The van der Waals surface area contributed by atoms with Gasteiger partial charge >= 0.3 is 0 Å². The van der Waals surface area contributed by atoms with Gasteiger partial charge < -0.3 is 4.74 Å². The van der Waals surface area contributed by atoms with Crippen LogP contribution in [0.5, 0.6) is 5.75 Å². The molecule has 0 spiro atoms. The van der Waals surface area contributed by atoms with Gasteiger partial charge in [0.2, 0.25) is 0 Å². The first-order valence-electron chi connectivity index (χ1n) is 8.05. The number of nitrogens with one attached hydrogen (secondary N) is 1. The van der Waals surface area contributed by atoms with Crippen LogP contribution in [0.2, 0.25) is 0 Å². The van der Waals surface area contributed by atoms with Gasteiger partial charge in [-0.1, -0.05) is 18.2 Å². The third-order valence-corrected chi connectivity index (χ3v) is 5.08. The molecule has 28 heavy (non-hydrogen) atoms. The van der Waals surface area contributed by atoms with Crippen LogP contribution < -0.4 is 10.2 Å². The molecule has 0 aliphatic carbocycles. The quantitative estimate of drug-likeness (QED) is 0.313. The van der Waals surface area contributed by atoms with Crippen molar-refractivity contribution in [2.24, 2.45) is 5.10 Å². The van der Waals surface area contributed by atoms with Crippen molar-refractivity contribution in [2.75, 3.05) is 0 Å². The summed E-state index contributed by atoms with van der Waals surface area (Å²) in [4.78, 5) is 22.8. The molecular formula is C19H14BrN3O4S. The van der Waals surface area contributed by atoms with E-state index in [9.17, 15) is 14.9 Å². The Morgan fingerprint density at radius 1 is 1.25 bits per heavy atom. The molecule has 0 unspecified atom stereocenters. The Hall–Kier alpha value is -3.04. The highest BCUT2D eigenvalue weighted by Crippen LogP contribution is 2.26. The van der Waals surface area contributed by atoms with Crippen LogP contribution in [-0.2, 0) is 6.61 Å². The van der Waals surface area contributed by atoms with Gasteiger partial charge in [0, 0.05) is 12.1 Å². The zero-order valence-corrected chi connectivity index (χ0v) is 16.8. The maximum absolute atomic E-state index is 11.8. The lowest BCUT2D eigenvalue weighted by atomic mass is 10.2. The Bertz CT molecular complexity index is 1020. The van der Waals surface area contributed by atoms with Gasteiger partial charge in [-0.05, 0) is 56.7 Å². The van der Waals surface area contributed by atoms with E-state index in [0.717, 1.165) is 5.56 Å². The first kappa shape index (κ1) is 19.7. The molecule has 0 aliphatic heterocycles. The maximum atomic E-state index is 11.8. The zero-order chi connectivity index (χ0) is 19.9. The number of hydrazone groups is 1. The normalized spacial score (nSPS) is 10.8. The number of benzene rings is 2. The van der Waals surface area contributed by atoms with Gasteiger partial charge in [0.05, 0.1) is 20.5 Å². The summed E-state index contributed by atoms with van der Waals surface area (Å²) >= 11 is 4.77. The van der Waals surface area contributed by atoms with E-state index in [0.29, 0.717) is 20.7 Å². The number of ether oxygens (including phenoxy) is 1. The predicted octanol–water partition coefficient (Wildman–Crippen LogP) is 4.76. The van der Waals surface area contributed by atoms with E-state index >= 15 is 0 Å². The topological polar surface area (TPSA) is 93.8 Å². The molecule has 1 N–H and O–H groups in total. The third-order valence-electron chi connectivity index (χ3n) is 3.60. The Kier molecular flexibility index (Phi) is 6.51. The van der Waals surface area contributed by atoms with Crippen LogP contribution in [0.25, 0.3) is 0 Å². The molecule has 0 fully saturated rings. The highest BCUT2D eigenvalue weighted by molar-refractivity contribution is 9.10. The highest BCUT2D eigenvalue weighted by Gasteiger charge is 2.08. The van der Waals surface area contributed by atoms with Gasteiger partial charge in [-0.15, -0.1) is 11.3 Å². The number of nitrogens with zero attached hydrogens (tertiary/aromatic N) is 2. The smallest absolute Gasteiger partial charge is 0.281 e. The average Bonchev–Trinajstić information content (AvgIpc) is 3.22. The van der Waals surface area contributed by atoms with Gasteiger partial charge in [-0.3, -0.25) is 14.9 Å². The lowest BCUT2D eigenvalue weighted by Gasteiger charge is -2.09. The van der Waals surface area contributed by atoms with E-state index in [1.165, 1.54) is 29.7 Å². The van der Waals surface area contributed by atoms with Crippen LogP contribution in [0.15, 0.2) is 69.6 Å². The Morgan fingerprint density at radius 2 is 2.11 bits per heavy atom. The van der Waals surface area contributed by atoms with Crippen molar-refractivity contribution in [1.29, 1.82) is 0 Å². The van der Waals surface area contributed by atoms with E-state index in [-0.39, 0.29) is 18.2 Å². The number of carbonyl (C=O) groups excluding carboxylic acids is 1. The Morgan fingerprint density at radius 3 is 2.82 bits per heavy atom. The van der Waals surface area contributed by atoms with Crippen LogP contribution in [-0.4, -0.2) is 17.0 Å². The second-order valence-electron chi connectivity index (χ2n) is 5.58. The molecule has 142 valence electrons. The number of rotatable bonds is 7. The minimum atomic E-state index is -0.440. The second-order valence-corrected chi connectivity index (χ2v) is 7.38. The molecule has 1 amide bonds. The van der Waals surface area contributed by atoms with Gasteiger partial charge in [0.1, 0.15) is 12.4 Å². The van der Waals surface area contributed by atoms with E-state index in [1.807, 2.05) is 5.38 Å². The average molecular weight is 460 g/mol. The van der Waals surface area contributed by atoms with Crippen molar-refractivity contribution >= 4 is 45.1 Å². The number of amides is 1. The molecule has 0 aliphatic rings. The Labute approximate surface area is 172 Å². The highest BCUT2D eigenvalue weighted by atomic mass is 79.9. The number of hydrogen-bond acceptors (Lipinski definition) is 6. The summed E-state index contributed by atoms with van der Waals surface area (Å²) in [7, 11) is 0. The second kappa shape index (κ2) is 9.25. The van der Waals surface area contributed by atoms with Crippen molar-refractivity contribution in [1.82, 2.24) is 5.43 Å². The number of nitro groups is 1. The van der Waals surface area contributed by atoms with Gasteiger partial charge in [0.15, 0.2) is 0 Å². The largest absolute Gasteiger partial charge is 0.488 e. The molecule has 0 saturated heterocycles. The lowest BCUT2D eigenvalue weighted by Crippen LogP contribution is -2.16. The maximum Gasteiger partial charge on any atom is 0.281 e. The van der Waals surface area contributed by atoms with Crippen molar-refractivity contribution in [2.45, 2.75) is 6.61 Å². The number of thiophene rings is 1. The molecule has 2 aromatic carbocycles. The van der Waals surface area contributed by atoms with E-state index in [1.54, 1.807) is 42.5 Å². The van der Waals surface area contributed by atoms with Crippen molar-refractivity contribution in [3.63, 3.8) is 0 Å². The first-order chi connectivity index (χ1) is 13.5. The van der Waals surface area contributed by atoms with Crippen LogP contribution in [0.3, 0.4) is 0 Å². The molecule has 0 radical (unpaired) electrons. The molecule has 0 bridgehead atoms. The van der Waals surface area contributed by atoms with Crippen LogP contribution in [0, 0.1) is 10.1 Å². The monoisotopic (exact) mass is 459 g/mol. The molecule has 1 heterocycles. The first-order valence-corrected chi connectivity index (χ1v) is 9.73. The minimum Gasteiger partial charge on any atom is -0.488 e. The lowest BCUT2D eigenvalue weighted by molar-refractivity contribution is -0.384. The molecule has 3 rings (SSSR count). The molecular weight excluding hydrogens is 446 g/mol. The van der Waals surface area contributed by atoms with Crippen molar-refractivity contribution in [3.8, 4) is 5.75 Å². The number of hydrogen-bond donors (Lipinski definition) is 1. The number of non-ortho nitro benzene ring substituents is 1. The summed E-state index contributed by atoms with van der Waals surface area (Å²) < 4.78 is 6.42. The molecule has 9 heteroatoms. The molecule has 3 aromatic rings. The zero-order valence-electron chi connectivity index (χ0n) is 14.4. The van der Waals surface area contributed by atoms with Gasteiger partial charge in [-0.25, -0.2) is 5.43 Å². The number of halogens is 1. The predicted molar refractivity (Wildman–Crippen MR) is 111 cm³/mol.